The lowest BCUT2D eigenvalue weighted by Crippen LogP contribution is -2.30. The fraction of sp³-hybridized carbons (Fsp3) is 0.500. The SMILES string of the molecule is CCC1(C)CNc2cc(F)c(Br)cc2NC1. The van der Waals surface area contributed by atoms with Gasteiger partial charge >= 0.3 is 0 Å². The summed E-state index contributed by atoms with van der Waals surface area (Å²) in [7, 11) is 0. The van der Waals surface area contributed by atoms with Crippen LogP contribution in [0.4, 0.5) is 15.8 Å². The Morgan fingerprint density at radius 2 is 1.88 bits per heavy atom. The van der Waals surface area contributed by atoms with E-state index >= 15 is 0 Å². The number of hydrogen-bond acceptors (Lipinski definition) is 2. The van der Waals surface area contributed by atoms with Crippen LogP contribution in [0.25, 0.3) is 0 Å². The van der Waals surface area contributed by atoms with E-state index in [1.54, 1.807) is 6.07 Å². The molecule has 2 rings (SSSR count). The Labute approximate surface area is 104 Å². The van der Waals surface area contributed by atoms with Crippen LogP contribution in [0.3, 0.4) is 0 Å². The Hall–Kier alpha value is -0.770. The minimum atomic E-state index is -0.229. The van der Waals surface area contributed by atoms with Crippen LogP contribution in [0.5, 0.6) is 0 Å². The third-order valence-corrected chi connectivity index (χ3v) is 3.93. The molecule has 0 aliphatic carbocycles. The number of nitrogens with one attached hydrogen (secondary N) is 2. The summed E-state index contributed by atoms with van der Waals surface area (Å²) >= 11 is 3.20. The van der Waals surface area contributed by atoms with Crippen molar-refractivity contribution in [1.82, 2.24) is 0 Å². The number of anilines is 2. The zero-order valence-electron chi connectivity index (χ0n) is 9.53. The van der Waals surface area contributed by atoms with Crippen LogP contribution in [-0.2, 0) is 0 Å². The van der Waals surface area contributed by atoms with Crippen molar-refractivity contribution in [2.45, 2.75) is 20.3 Å². The second kappa shape index (κ2) is 4.24. The summed E-state index contributed by atoms with van der Waals surface area (Å²) in [6.45, 7) is 6.17. The van der Waals surface area contributed by atoms with Crippen LogP contribution in [0.2, 0.25) is 0 Å². The van der Waals surface area contributed by atoms with Gasteiger partial charge in [-0.05, 0) is 28.4 Å². The zero-order chi connectivity index (χ0) is 11.8. The summed E-state index contributed by atoms with van der Waals surface area (Å²) in [6, 6.07) is 3.33. The van der Waals surface area contributed by atoms with Gasteiger partial charge in [0.25, 0.3) is 0 Å². The van der Waals surface area contributed by atoms with Gasteiger partial charge in [0.15, 0.2) is 0 Å². The minimum absolute atomic E-state index is 0.210. The van der Waals surface area contributed by atoms with Crippen molar-refractivity contribution in [3.63, 3.8) is 0 Å². The standard InChI is InChI=1S/C12H16BrFN2/c1-3-12(2)6-15-10-4-8(13)9(14)5-11(10)16-7-12/h4-5,15-16H,3,6-7H2,1-2H3. The van der Waals surface area contributed by atoms with Crippen LogP contribution in [0.1, 0.15) is 20.3 Å². The maximum absolute atomic E-state index is 13.4. The van der Waals surface area contributed by atoms with Crippen molar-refractivity contribution in [2.24, 2.45) is 5.41 Å². The van der Waals surface area contributed by atoms with Crippen LogP contribution in [0.15, 0.2) is 16.6 Å². The van der Waals surface area contributed by atoms with Gasteiger partial charge in [-0.1, -0.05) is 13.8 Å². The first-order valence-corrected chi connectivity index (χ1v) is 6.30. The minimum Gasteiger partial charge on any atom is -0.383 e. The van der Waals surface area contributed by atoms with E-state index in [0.717, 1.165) is 30.9 Å². The maximum Gasteiger partial charge on any atom is 0.139 e. The first kappa shape index (κ1) is 11.7. The number of rotatable bonds is 1. The van der Waals surface area contributed by atoms with Crippen LogP contribution in [-0.4, -0.2) is 13.1 Å². The summed E-state index contributed by atoms with van der Waals surface area (Å²) in [6.07, 6.45) is 1.09. The Morgan fingerprint density at radius 1 is 1.31 bits per heavy atom. The Bertz CT molecular complexity index is 373. The first-order chi connectivity index (χ1) is 7.54. The third-order valence-electron chi connectivity index (χ3n) is 3.33. The summed E-state index contributed by atoms with van der Waals surface area (Å²) in [5.41, 5.74) is 2.02. The van der Waals surface area contributed by atoms with E-state index in [0.29, 0.717) is 4.47 Å². The molecule has 1 aliphatic heterocycles. The lowest BCUT2D eigenvalue weighted by molar-refractivity contribution is 0.361. The third kappa shape index (κ3) is 2.17. The van der Waals surface area contributed by atoms with Crippen molar-refractivity contribution >= 4 is 27.3 Å². The van der Waals surface area contributed by atoms with E-state index in [4.69, 9.17) is 0 Å². The lowest BCUT2D eigenvalue weighted by Gasteiger charge is -2.26. The average Bonchev–Trinajstić information content (AvgIpc) is 2.42. The quantitative estimate of drug-likeness (QED) is 0.820. The van der Waals surface area contributed by atoms with Crippen molar-refractivity contribution in [2.75, 3.05) is 23.7 Å². The molecule has 1 aliphatic rings. The van der Waals surface area contributed by atoms with E-state index in [2.05, 4.69) is 40.4 Å². The molecule has 88 valence electrons. The second-order valence-corrected chi connectivity index (χ2v) is 5.54. The summed E-state index contributed by atoms with van der Waals surface area (Å²) in [5, 5.41) is 6.69. The molecule has 0 radical (unpaired) electrons. The molecule has 16 heavy (non-hydrogen) atoms. The summed E-state index contributed by atoms with van der Waals surface area (Å²) < 4.78 is 13.9. The van der Waals surface area contributed by atoms with Gasteiger partial charge in [0.1, 0.15) is 5.82 Å². The highest BCUT2D eigenvalue weighted by molar-refractivity contribution is 9.10. The monoisotopic (exact) mass is 286 g/mol. The molecule has 2 nitrogen and oxygen atoms in total. The first-order valence-electron chi connectivity index (χ1n) is 5.51. The van der Waals surface area contributed by atoms with Crippen molar-refractivity contribution < 1.29 is 4.39 Å². The zero-order valence-corrected chi connectivity index (χ0v) is 11.1. The van der Waals surface area contributed by atoms with Gasteiger partial charge in [0.05, 0.1) is 15.8 Å². The normalized spacial score (nSPS) is 24.0. The van der Waals surface area contributed by atoms with Gasteiger partial charge in [-0.25, -0.2) is 4.39 Å². The highest BCUT2D eigenvalue weighted by atomic mass is 79.9. The van der Waals surface area contributed by atoms with Crippen LogP contribution < -0.4 is 10.6 Å². The van der Waals surface area contributed by atoms with Gasteiger partial charge in [0.2, 0.25) is 0 Å². The lowest BCUT2D eigenvalue weighted by atomic mass is 9.88. The molecule has 0 saturated carbocycles. The molecule has 0 bridgehead atoms. The Balaban J connectivity index is 2.31. The van der Waals surface area contributed by atoms with Crippen molar-refractivity contribution in [3.8, 4) is 0 Å². The molecule has 4 heteroatoms. The van der Waals surface area contributed by atoms with E-state index < -0.39 is 0 Å². The molecule has 1 aromatic carbocycles. The van der Waals surface area contributed by atoms with Crippen LogP contribution in [0, 0.1) is 11.2 Å². The summed E-state index contributed by atoms with van der Waals surface area (Å²) in [5.74, 6) is -0.229. The Kier molecular flexibility index (Phi) is 3.10. The van der Waals surface area contributed by atoms with Crippen LogP contribution >= 0.6 is 15.9 Å². The molecular formula is C12H16BrFN2. The number of hydrogen-bond donors (Lipinski definition) is 2. The molecule has 0 saturated heterocycles. The fourth-order valence-electron chi connectivity index (χ4n) is 1.77. The average molecular weight is 287 g/mol. The molecule has 0 aromatic heterocycles. The molecule has 0 spiro atoms. The smallest absolute Gasteiger partial charge is 0.139 e. The molecular weight excluding hydrogens is 271 g/mol. The topological polar surface area (TPSA) is 24.1 Å². The predicted molar refractivity (Wildman–Crippen MR) is 69.5 cm³/mol. The number of fused-ring (bicyclic) bond motifs is 1. The number of halogens is 2. The second-order valence-electron chi connectivity index (χ2n) is 4.68. The summed E-state index contributed by atoms with van der Waals surface area (Å²) in [4.78, 5) is 0. The molecule has 1 unspecified atom stereocenters. The Morgan fingerprint density at radius 3 is 2.44 bits per heavy atom. The van der Waals surface area contributed by atoms with Gasteiger partial charge in [-0.2, -0.15) is 0 Å². The highest BCUT2D eigenvalue weighted by Gasteiger charge is 2.25. The van der Waals surface area contributed by atoms with Gasteiger partial charge < -0.3 is 10.6 Å². The van der Waals surface area contributed by atoms with Crippen molar-refractivity contribution in [1.29, 1.82) is 0 Å². The van der Waals surface area contributed by atoms with E-state index in [1.165, 1.54) is 6.07 Å². The highest BCUT2D eigenvalue weighted by Crippen LogP contribution is 2.34. The number of benzene rings is 1. The van der Waals surface area contributed by atoms with E-state index in [-0.39, 0.29) is 11.2 Å². The molecule has 2 N–H and O–H groups in total. The van der Waals surface area contributed by atoms with Gasteiger partial charge in [-0.15, -0.1) is 0 Å². The maximum atomic E-state index is 13.4. The van der Waals surface area contributed by atoms with E-state index in [9.17, 15) is 4.39 Å². The van der Waals surface area contributed by atoms with E-state index in [1.807, 2.05) is 0 Å². The van der Waals surface area contributed by atoms with Crippen molar-refractivity contribution in [3.05, 3.63) is 22.4 Å². The largest absolute Gasteiger partial charge is 0.383 e. The van der Waals surface area contributed by atoms with Gasteiger partial charge in [0, 0.05) is 24.6 Å². The molecule has 0 fully saturated rings. The van der Waals surface area contributed by atoms with Gasteiger partial charge in [-0.3, -0.25) is 0 Å². The molecule has 0 amide bonds. The molecule has 1 aromatic rings. The predicted octanol–water partition coefficient (Wildman–Crippen LogP) is 3.84. The molecule has 1 atom stereocenters. The molecule has 1 heterocycles. The fourth-order valence-corrected chi connectivity index (χ4v) is 2.11.